The summed E-state index contributed by atoms with van der Waals surface area (Å²) in [4.78, 5) is 16.3. The van der Waals surface area contributed by atoms with Gasteiger partial charge in [-0.2, -0.15) is 5.10 Å². The lowest BCUT2D eigenvalue weighted by molar-refractivity contribution is 0.251. The molecule has 2 aromatic heterocycles. The highest BCUT2D eigenvalue weighted by Crippen LogP contribution is 2.30. The van der Waals surface area contributed by atoms with E-state index < -0.39 is 0 Å². The fourth-order valence-electron chi connectivity index (χ4n) is 3.60. The van der Waals surface area contributed by atoms with Crippen LogP contribution in [0.1, 0.15) is 24.1 Å². The highest BCUT2D eigenvalue weighted by molar-refractivity contribution is 6.33. The molecule has 2 N–H and O–H groups in total. The number of aromatic nitrogens is 3. The molecule has 6 nitrogen and oxygen atoms in total. The zero-order chi connectivity index (χ0) is 19.3. The molecule has 0 radical (unpaired) electrons. The zero-order valence-corrected chi connectivity index (χ0v) is 16.2. The van der Waals surface area contributed by atoms with Crippen molar-refractivity contribution in [2.75, 3.05) is 11.9 Å². The van der Waals surface area contributed by atoms with Gasteiger partial charge in [-0.05, 0) is 49.9 Å². The van der Waals surface area contributed by atoms with Crippen molar-refractivity contribution in [2.24, 2.45) is 0 Å². The Bertz CT molecular complexity index is 970. The van der Waals surface area contributed by atoms with E-state index in [1.165, 1.54) is 24.1 Å². The monoisotopic (exact) mass is 395 g/mol. The number of halogens is 1. The maximum atomic E-state index is 12.2. The number of rotatable bonds is 5. The standard InChI is InChI=1S/C21H22ClN5O/c22-17-6-2-3-7-18(17)25-21(28)24-13-14-27-19-8-4-1-5-16(19)20(26-27)15-9-11-23-12-10-15/h2-3,6-7,9-12H,1,4-5,8,13-14H2,(H2,24,25,28). The van der Waals surface area contributed by atoms with Crippen molar-refractivity contribution in [1.29, 1.82) is 0 Å². The van der Waals surface area contributed by atoms with E-state index in [-0.39, 0.29) is 6.03 Å². The number of para-hydroxylation sites is 1. The van der Waals surface area contributed by atoms with Gasteiger partial charge in [0.15, 0.2) is 0 Å². The van der Waals surface area contributed by atoms with Gasteiger partial charge in [0.25, 0.3) is 0 Å². The first-order chi connectivity index (χ1) is 13.7. The molecule has 144 valence electrons. The molecule has 0 aliphatic heterocycles. The molecule has 3 aromatic rings. The first-order valence-corrected chi connectivity index (χ1v) is 9.88. The number of nitrogens with zero attached hydrogens (tertiary/aromatic N) is 3. The lowest BCUT2D eigenvalue weighted by atomic mass is 9.94. The number of carbonyl (C=O) groups excluding carboxylic acids is 1. The summed E-state index contributed by atoms with van der Waals surface area (Å²) in [5.41, 5.74) is 5.34. The van der Waals surface area contributed by atoms with E-state index in [9.17, 15) is 4.79 Å². The number of urea groups is 1. The van der Waals surface area contributed by atoms with Crippen LogP contribution < -0.4 is 10.6 Å². The van der Waals surface area contributed by atoms with Crippen LogP contribution in [-0.4, -0.2) is 27.3 Å². The van der Waals surface area contributed by atoms with E-state index in [4.69, 9.17) is 16.7 Å². The minimum atomic E-state index is -0.275. The molecule has 0 spiro atoms. The third-order valence-corrected chi connectivity index (χ3v) is 5.27. The Morgan fingerprint density at radius 1 is 1.11 bits per heavy atom. The Morgan fingerprint density at radius 3 is 2.71 bits per heavy atom. The molecule has 0 bridgehead atoms. The minimum absolute atomic E-state index is 0.275. The molecule has 1 aromatic carbocycles. The average molecular weight is 396 g/mol. The third-order valence-electron chi connectivity index (χ3n) is 4.94. The van der Waals surface area contributed by atoms with Crippen LogP contribution in [0.4, 0.5) is 10.5 Å². The zero-order valence-electron chi connectivity index (χ0n) is 15.5. The molecule has 4 rings (SSSR count). The van der Waals surface area contributed by atoms with Crippen molar-refractivity contribution in [1.82, 2.24) is 20.1 Å². The van der Waals surface area contributed by atoms with Gasteiger partial charge in [0.05, 0.1) is 22.9 Å². The Balaban J connectivity index is 1.43. The van der Waals surface area contributed by atoms with Gasteiger partial charge in [-0.25, -0.2) is 4.79 Å². The third kappa shape index (κ3) is 4.02. The Labute approximate surface area is 168 Å². The Morgan fingerprint density at radius 2 is 1.89 bits per heavy atom. The lowest BCUT2D eigenvalue weighted by Gasteiger charge is -2.15. The van der Waals surface area contributed by atoms with E-state index in [0.717, 1.165) is 24.1 Å². The summed E-state index contributed by atoms with van der Waals surface area (Å²) in [7, 11) is 0. The van der Waals surface area contributed by atoms with Crippen LogP contribution >= 0.6 is 11.6 Å². The van der Waals surface area contributed by atoms with Crippen molar-refractivity contribution >= 4 is 23.3 Å². The molecule has 2 amide bonds. The molecular formula is C21H22ClN5O. The van der Waals surface area contributed by atoms with Crippen LogP contribution in [0.5, 0.6) is 0 Å². The average Bonchev–Trinajstić information content (AvgIpc) is 3.09. The van der Waals surface area contributed by atoms with Crippen molar-refractivity contribution in [3.63, 3.8) is 0 Å². The summed E-state index contributed by atoms with van der Waals surface area (Å²) in [6.07, 6.45) is 8.03. The number of fused-ring (bicyclic) bond motifs is 1. The number of pyridine rings is 1. The van der Waals surface area contributed by atoms with Gasteiger partial charge in [0.1, 0.15) is 0 Å². The molecule has 0 atom stereocenters. The van der Waals surface area contributed by atoms with Crippen molar-refractivity contribution in [3.05, 3.63) is 65.1 Å². The summed E-state index contributed by atoms with van der Waals surface area (Å²) in [5.74, 6) is 0. The molecule has 0 saturated carbocycles. The molecule has 28 heavy (non-hydrogen) atoms. The van der Waals surface area contributed by atoms with Crippen LogP contribution in [-0.2, 0) is 19.4 Å². The predicted octanol–water partition coefficient (Wildman–Crippen LogP) is 4.30. The van der Waals surface area contributed by atoms with Gasteiger partial charge in [0.2, 0.25) is 0 Å². The summed E-state index contributed by atoms with van der Waals surface area (Å²) in [6, 6.07) is 10.9. The highest BCUT2D eigenvalue weighted by atomic mass is 35.5. The van der Waals surface area contributed by atoms with Crippen LogP contribution in [0.15, 0.2) is 48.8 Å². The molecule has 1 aliphatic rings. The number of hydrogen-bond donors (Lipinski definition) is 2. The molecule has 0 unspecified atom stereocenters. The maximum Gasteiger partial charge on any atom is 0.319 e. The van der Waals surface area contributed by atoms with Crippen molar-refractivity contribution in [3.8, 4) is 11.3 Å². The molecular weight excluding hydrogens is 374 g/mol. The smallest absolute Gasteiger partial charge is 0.319 e. The van der Waals surface area contributed by atoms with Gasteiger partial charge in [0, 0.05) is 35.8 Å². The Kier molecular flexibility index (Phi) is 5.58. The van der Waals surface area contributed by atoms with Gasteiger partial charge < -0.3 is 10.6 Å². The fraction of sp³-hybridized carbons (Fsp3) is 0.286. The predicted molar refractivity (Wildman–Crippen MR) is 111 cm³/mol. The second-order valence-corrected chi connectivity index (χ2v) is 7.21. The van der Waals surface area contributed by atoms with E-state index in [0.29, 0.717) is 23.8 Å². The summed E-state index contributed by atoms with van der Waals surface area (Å²) in [6.45, 7) is 1.11. The number of hydrogen-bond acceptors (Lipinski definition) is 3. The second-order valence-electron chi connectivity index (χ2n) is 6.80. The van der Waals surface area contributed by atoms with Gasteiger partial charge in [-0.1, -0.05) is 23.7 Å². The molecule has 1 aliphatic carbocycles. The lowest BCUT2D eigenvalue weighted by Crippen LogP contribution is -2.32. The first kappa shape index (κ1) is 18.5. The van der Waals surface area contributed by atoms with Gasteiger partial charge in [-0.15, -0.1) is 0 Å². The number of amides is 2. The van der Waals surface area contributed by atoms with E-state index >= 15 is 0 Å². The van der Waals surface area contributed by atoms with Crippen molar-refractivity contribution < 1.29 is 4.79 Å². The van der Waals surface area contributed by atoms with Gasteiger partial charge in [-0.3, -0.25) is 9.67 Å². The highest BCUT2D eigenvalue weighted by Gasteiger charge is 2.21. The normalized spacial score (nSPS) is 13.0. The number of nitrogens with one attached hydrogen (secondary N) is 2. The molecule has 0 fully saturated rings. The quantitative estimate of drug-likeness (QED) is 0.676. The summed E-state index contributed by atoms with van der Waals surface area (Å²) in [5, 5.41) is 11.0. The molecule has 2 heterocycles. The largest absolute Gasteiger partial charge is 0.336 e. The Hall–Kier alpha value is -2.86. The van der Waals surface area contributed by atoms with Crippen LogP contribution in [0.3, 0.4) is 0 Å². The van der Waals surface area contributed by atoms with Gasteiger partial charge >= 0.3 is 6.03 Å². The molecule has 7 heteroatoms. The number of benzene rings is 1. The molecule has 0 saturated heterocycles. The first-order valence-electron chi connectivity index (χ1n) is 9.50. The SMILES string of the molecule is O=C(NCCn1nc(-c2ccncc2)c2c1CCCC2)Nc1ccccc1Cl. The number of anilines is 1. The topological polar surface area (TPSA) is 71.8 Å². The van der Waals surface area contributed by atoms with E-state index in [2.05, 4.69) is 15.6 Å². The van der Waals surface area contributed by atoms with E-state index in [1.54, 1.807) is 24.5 Å². The van der Waals surface area contributed by atoms with Crippen molar-refractivity contribution in [2.45, 2.75) is 32.2 Å². The second kappa shape index (κ2) is 8.44. The van der Waals surface area contributed by atoms with Crippen LogP contribution in [0, 0.1) is 0 Å². The van der Waals surface area contributed by atoms with Crippen LogP contribution in [0.25, 0.3) is 11.3 Å². The number of carbonyl (C=O) groups is 1. The summed E-state index contributed by atoms with van der Waals surface area (Å²) >= 11 is 6.08. The summed E-state index contributed by atoms with van der Waals surface area (Å²) < 4.78 is 2.04. The fourth-order valence-corrected chi connectivity index (χ4v) is 3.78. The maximum absolute atomic E-state index is 12.2. The minimum Gasteiger partial charge on any atom is -0.336 e. The van der Waals surface area contributed by atoms with E-state index in [1.807, 2.05) is 28.9 Å². The van der Waals surface area contributed by atoms with Crippen LogP contribution in [0.2, 0.25) is 5.02 Å².